The summed E-state index contributed by atoms with van der Waals surface area (Å²) in [5.74, 6) is 0.686. The number of hydrogen-bond acceptors (Lipinski definition) is 2. The SMILES string of the molecule is N=C(N)Cc1ccc(OCc2ccc(C(F)(F)F)cc2)cc1. The Morgan fingerprint density at radius 3 is 2.00 bits per heavy atom. The summed E-state index contributed by atoms with van der Waals surface area (Å²) >= 11 is 0. The molecule has 2 aromatic carbocycles. The number of halogens is 3. The van der Waals surface area contributed by atoms with Crippen molar-refractivity contribution in [2.24, 2.45) is 5.73 Å². The van der Waals surface area contributed by atoms with Crippen LogP contribution >= 0.6 is 0 Å². The summed E-state index contributed by atoms with van der Waals surface area (Å²) in [5, 5.41) is 7.21. The van der Waals surface area contributed by atoms with Crippen molar-refractivity contribution in [1.82, 2.24) is 0 Å². The number of rotatable bonds is 5. The van der Waals surface area contributed by atoms with E-state index in [0.29, 0.717) is 17.7 Å². The molecule has 3 nitrogen and oxygen atoms in total. The largest absolute Gasteiger partial charge is 0.489 e. The molecule has 116 valence electrons. The van der Waals surface area contributed by atoms with Gasteiger partial charge in [0.25, 0.3) is 0 Å². The summed E-state index contributed by atoms with van der Waals surface area (Å²) in [5.41, 5.74) is 6.19. The van der Waals surface area contributed by atoms with E-state index in [0.717, 1.165) is 17.7 Å². The van der Waals surface area contributed by atoms with Gasteiger partial charge in [0, 0.05) is 6.42 Å². The molecule has 0 saturated carbocycles. The molecule has 0 aliphatic rings. The van der Waals surface area contributed by atoms with Gasteiger partial charge < -0.3 is 10.5 Å². The molecule has 0 atom stereocenters. The molecule has 0 aliphatic heterocycles. The standard InChI is InChI=1S/C16H15F3N2O/c17-16(18,19)13-5-1-12(2-6-13)10-22-14-7-3-11(4-8-14)9-15(20)21/h1-8H,9-10H2,(H3,20,21). The smallest absolute Gasteiger partial charge is 0.416 e. The first-order chi connectivity index (χ1) is 10.3. The van der Waals surface area contributed by atoms with Crippen molar-refractivity contribution in [3.63, 3.8) is 0 Å². The summed E-state index contributed by atoms with van der Waals surface area (Å²) in [7, 11) is 0. The Labute approximate surface area is 126 Å². The quantitative estimate of drug-likeness (QED) is 0.652. The van der Waals surface area contributed by atoms with Crippen LogP contribution in [-0.2, 0) is 19.2 Å². The predicted octanol–water partition coefficient (Wildman–Crippen LogP) is 3.76. The van der Waals surface area contributed by atoms with Gasteiger partial charge in [-0.25, -0.2) is 0 Å². The van der Waals surface area contributed by atoms with Crippen LogP contribution in [0.4, 0.5) is 13.2 Å². The van der Waals surface area contributed by atoms with Crippen molar-refractivity contribution in [3.05, 3.63) is 65.2 Å². The number of alkyl halides is 3. The van der Waals surface area contributed by atoms with Crippen molar-refractivity contribution in [3.8, 4) is 5.75 Å². The Balaban J connectivity index is 1.94. The van der Waals surface area contributed by atoms with Crippen LogP contribution in [-0.4, -0.2) is 5.84 Å². The third-order valence-electron chi connectivity index (χ3n) is 3.00. The van der Waals surface area contributed by atoms with E-state index in [-0.39, 0.29) is 12.4 Å². The monoisotopic (exact) mass is 308 g/mol. The van der Waals surface area contributed by atoms with Crippen molar-refractivity contribution < 1.29 is 17.9 Å². The minimum Gasteiger partial charge on any atom is -0.489 e. The fourth-order valence-electron chi connectivity index (χ4n) is 1.88. The number of ether oxygens (including phenoxy) is 1. The van der Waals surface area contributed by atoms with Crippen LogP contribution in [0, 0.1) is 5.41 Å². The lowest BCUT2D eigenvalue weighted by molar-refractivity contribution is -0.137. The van der Waals surface area contributed by atoms with Gasteiger partial charge in [0.2, 0.25) is 0 Å². The van der Waals surface area contributed by atoms with Crippen molar-refractivity contribution in [2.45, 2.75) is 19.2 Å². The van der Waals surface area contributed by atoms with Gasteiger partial charge in [-0.15, -0.1) is 0 Å². The molecule has 2 aromatic rings. The summed E-state index contributed by atoms with van der Waals surface area (Å²) in [6.45, 7) is 0.185. The minimum atomic E-state index is -4.33. The minimum absolute atomic E-state index is 0.0819. The number of benzene rings is 2. The highest BCUT2D eigenvalue weighted by Gasteiger charge is 2.29. The summed E-state index contributed by atoms with van der Waals surface area (Å²) in [6.07, 6.45) is -3.95. The highest BCUT2D eigenvalue weighted by Crippen LogP contribution is 2.29. The maximum absolute atomic E-state index is 12.4. The number of nitrogens with two attached hydrogens (primary N) is 1. The van der Waals surface area contributed by atoms with Crippen molar-refractivity contribution in [1.29, 1.82) is 5.41 Å². The maximum Gasteiger partial charge on any atom is 0.416 e. The summed E-state index contributed by atoms with van der Waals surface area (Å²) < 4.78 is 42.8. The van der Waals surface area contributed by atoms with Gasteiger partial charge in [0.15, 0.2) is 0 Å². The van der Waals surface area contributed by atoms with Crippen LogP contribution in [0.2, 0.25) is 0 Å². The lowest BCUT2D eigenvalue weighted by atomic mass is 10.1. The van der Waals surface area contributed by atoms with E-state index in [2.05, 4.69) is 0 Å². The number of nitrogens with one attached hydrogen (secondary N) is 1. The average Bonchev–Trinajstić information content (AvgIpc) is 2.45. The molecular formula is C16H15F3N2O. The molecule has 22 heavy (non-hydrogen) atoms. The first-order valence-electron chi connectivity index (χ1n) is 6.55. The van der Waals surface area contributed by atoms with Gasteiger partial charge in [0.05, 0.1) is 11.4 Å². The average molecular weight is 308 g/mol. The lowest BCUT2D eigenvalue weighted by Crippen LogP contribution is -2.12. The molecule has 0 spiro atoms. The van der Waals surface area contributed by atoms with E-state index in [1.165, 1.54) is 12.1 Å². The number of amidine groups is 1. The Morgan fingerprint density at radius 2 is 1.50 bits per heavy atom. The van der Waals surface area contributed by atoms with Crippen LogP contribution in [0.3, 0.4) is 0 Å². The molecule has 0 radical (unpaired) electrons. The lowest BCUT2D eigenvalue weighted by Gasteiger charge is -2.09. The van der Waals surface area contributed by atoms with E-state index in [1.807, 2.05) is 0 Å². The van der Waals surface area contributed by atoms with Crippen LogP contribution in [0.5, 0.6) is 5.75 Å². The first kappa shape index (κ1) is 15.9. The van der Waals surface area contributed by atoms with Gasteiger partial charge in [-0.1, -0.05) is 24.3 Å². The molecule has 2 rings (SSSR count). The van der Waals surface area contributed by atoms with Crippen LogP contribution in [0.15, 0.2) is 48.5 Å². The first-order valence-corrected chi connectivity index (χ1v) is 6.55. The molecule has 6 heteroatoms. The molecule has 0 bridgehead atoms. The molecule has 0 fully saturated rings. The number of hydrogen-bond donors (Lipinski definition) is 2. The van der Waals surface area contributed by atoms with Gasteiger partial charge in [0.1, 0.15) is 12.4 Å². The zero-order valence-corrected chi connectivity index (χ0v) is 11.7. The fourth-order valence-corrected chi connectivity index (χ4v) is 1.88. The third-order valence-corrected chi connectivity index (χ3v) is 3.00. The zero-order valence-electron chi connectivity index (χ0n) is 11.7. The molecular weight excluding hydrogens is 293 g/mol. The van der Waals surface area contributed by atoms with Crippen molar-refractivity contribution >= 4 is 5.84 Å². The molecule has 0 amide bonds. The second kappa shape index (κ2) is 6.51. The second-order valence-electron chi connectivity index (χ2n) is 4.83. The topological polar surface area (TPSA) is 59.1 Å². The summed E-state index contributed by atoms with van der Waals surface area (Å²) in [4.78, 5) is 0. The van der Waals surface area contributed by atoms with Gasteiger partial charge in [-0.2, -0.15) is 13.2 Å². The van der Waals surface area contributed by atoms with Crippen LogP contribution in [0.1, 0.15) is 16.7 Å². The Morgan fingerprint density at radius 1 is 0.955 bits per heavy atom. The van der Waals surface area contributed by atoms with Gasteiger partial charge >= 0.3 is 6.18 Å². The maximum atomic E-state index is 12.4. The highest BCUT2D eigenvalue weighted by atomic mass is 19.4. The second-order valence-corrected chi connectivity index (χ2v) is 4.83. The third kappa shape index (κ3) is 4.51. The molecule has 0 unspecified atom stereocenters. The zero-order chi connectivity index (χ0) is 16.2. The van der Waals surface area contributed by atoms with Crippen molar-refractivity contribution in [2.75, 3.05) is 0 Å². The van der Waals surface area contributed by atoms with Crippen LogP contribution < -0.4 is 10.5 Å². The summed E-state index contributed by atoms with van der Waals surface area (Å²) in [6, 6.07) is 11.9. The van der Waals surface area contributed by atoms with E-state index < -0.39 is 11.7 Å². The van der Waals surface area contributed by atoms with Gasteiger partial charge in [-0.3, -0.25) is 5.41 Å². The fraction of sp³-hybridized carbons (Fsp3) is 0.188. The van der Waals surface area contributed by atoms with Crippen LogP contribution in [0.25, 0.3) is 0 Å². The normalized spacial score (nSPS) is 11.2. The van der Waals surface area contributed by atoms with E-state index >= 15 is 0 Å². The van der Waals surface area contributed by atoms with E-state index in [4.69, 9.17) is 15.9 Å². The van der Waals surface area contributed by atoms with Gasteiger partial charge in [-0.05, 0) is 35.4 Å². The molecule has 3 N–H and O–H groups in total. The molecule has 0 aliphatic carbocycles. The molecule has 0 aromatic heterocycles. The Kier molecular flexibility index (Phi) is 4.70. The molecule has 0 heterocycles. The Bertz CT molecular complexity index is 634. The molecule has 0 saturated heterocycles. The predicted molar refractivity (Wildman–Crippen MR) is 77.8 cm³/mol. The van der Waals surface area contributed by atoms with E-state index in [9.17, 15) is 13.2 Å². The Hall–Kier alpha value is -2.50. The highest BCUT2D eigenvalue weighted by molar-refractivity contribution is 5.79. The van der Waals surface area contributed by atoms with E-state index in [1.54, 1.807) is 24.3 Å².